The number of amides is 1. The number of para-hydroxylation sites is 1. The van der Waals surface area contributed by atoms with Gasteiger partial charge in [-0.3, -0.25) is 20.6 Å². The van der Waals surface area contributed by atoms with Crippen molar-refractivity contribution in [1.29, 1.82) is 0 Å². The number of hydrogen-bond donors (Lipinski definition) is 5. The third kappa shape index (κ3) is 6.27. The summed E-state index contributed by atoms with van der Waals surface area (Å²) >= 11 is 0. The second-order valence-corrected chi connectivity index (χ2v) is 4.04. The number of guanidine groups is 1. The zero-order valence-electron chi connectivity index (χ0n) is 10.7. The van der Waals surface area contributed by atoms with Crippen LogP contribution in [0.4, 0.5) is 5.69 Å². The van der Waals surface area contributed by atoms with Gasteiger partial charge in [0.1, 0.15) is 0 Å². The molecule has 0 bridgehead atoms. The van der Waals surface area contributed by atoms with Gasteiger partial charge in [0.2, 0.25) is 0 Å². The monoisotopic (exact) mass is 264 g/mol. The van der Waals surface area contributed by atoms with E-state index >= 15 is 0 Å². The maximum absolute atomic E-state index is 11.7. The van der Waals surface area contributed by atoms with Crippen molar-refractivity contribution < 1.29 is 4.79 Å². The lowest BCUT2D eigenvalue weighted by Gasteiger charge is -2.13. The third-order valence-electron chi connectivity index (χ3n) is 2.41. The van der Waals surface area contributed by atoms with Gasteiger partial charge < -0.3 is 17.2 Å². The Morgan fingerprint density at radius 3 is 2.58 bits per heavy atom. The normalized spacial score (nSPS) is 11.4. The van der Waals surface area contributed by atoms with E-state index in [0.717, 1.165) is 5.69 Å². The fourth-order valence-corrected chi connectivity index (χ4v) is 1.40. The fourth-order valence-electron chi connectivity index (χ4n) is 1.40. The van der Waals surface area contributed by atoms with E-state index in [2.05, 4.69) is 15.8 Å². The van der Waals surface area contributed by atoms with Crippen molar-refractivity contribution in [2.24, 2.45) is 22.2 Å². The number of nitrogens with one attached hydrogen (secondary N) is 2. The predicted octanol–water partition coefficient (Wildman–Crippen LogP) is -0.489. The standard InChI is InChI=1S/C12H20N6O/c13-10(7-4-8-16-12(14)15)11(19)18-17-9-5-2-1-3-6-9/h1-3,5-6,10,17H,4,7-8,13H2,(H,18,19)(H4,14,15,16)/t10-/m0/s1. The van der Waals surface area contributed by atoms with Gasteiger partial charge in [-0.15, -0.1) is 0 Å². The maximum Gasteiger partial charge on any atom is 0.255 e. The number of benzene rings is 1. The lowest BCUT2D eigenvalue weighted by molar-refractivity contribution is -0.122. The van der Waals surface area contributed by atoms with Gasteiger partial charge in [-0.1, -0.05) is 18.2 Å². The first-order valence-corrected chi connectivity index (χ1v) is 6.01. The van der Waals surface area contributed by atoms with Crippen LogP contribution in [0.25, 0.3) is 0 Å². The molecule has 0 unspecified atom stereocenters. The summed E-state index contributed by atoms with van der Waals surface area (Å²) in [7, 11) is 0. The van der Waals surface area contributed by atoms with Crippen molar-refractivity contribution in [3.63, 3.8) is 0 Å². The second kappa shape index (κ2) is 7.93. The zero-order valence-corrected chi connectivity index (χ0v) is 10.7. The van der Waals surface area contributed by atoms with Gasteiger partial charge in [0.15, 0.2) is 5.96 Å². The Kier molecular flexibility index (Phi) is 6.17. The fraction of sp³-hybridized carbons (Fsp3) is 0.333. The number of anilines is 1. The van der Waals surface area contributed by atoms with Gasteiger partial charge >= 0.3 is 0 Å². The Bertz CT molecular complexity index is 415. The number of rotatable bonds is 7. The molecule has 0 aliphatic carbocycles. The van der Waals surface area contributed by atoms with Gasteiger partial charge in [-0.05, 0) is 25.0 Å². The minimum Gasteiger partial charge on any atom is -0.370 e. The molecule has 0 saturated carbocycles. The maximum atomic E-state index is 11.7. The average molecular weight is 264 g/mol. The van der Waals surface area contributed by atoms with Crippen LogP contribution in [0.15, 0.2) is 35.3 Å². The molecule has 0 radical (unpaired) electrons. The van der Waals surface area contributed by atoms with Gasteiger partial charge in [-0.2, -0.15) is 0 Å². The molecule has 0 aromatic heterocycles. The van der Waals surface area contributed by atoms with Crippen molar-refractivity contribution in [3.05, 3.63) is 30.3 Å². The number of hydrazine groups is 1. The highest BCUT2D eigenvalue weighted by molar-refractivity contribution is 5.82. The van der Waals surface area contributed by atoms with Gasteiger partial charge in [0.25, 0.3) is 5.91 Å². The van der Waals surface area contributed by atoms with Crippen LogP contribution >= 0.6 is 0 Å². The molecule has 8 N–H and O–H groups in total. The van der Waals surface area contributed by atoms with E-state index in [4.69, 9.17) is 17.2 Å². The smallest absolute Gasteiger partial charge is 0.255 e. The molecule has 0 heterocycles. The number of aliphatic imine (C=N–C) groups is 1. The van der Waals surface area contributed by atoms with Crippen molar-refractivity contribution >= 4 is 17.6 Å². The first-order valence-electron chi connectivity index (χ1n) is 6.01. The van der Waals surface area contributed by atoms with Crippen LogP contribution in [-0.4, -0.2) is 24.5 Å². The van der Waals surface area contributed by atoms with Crippen molar-refractivity contribution in [2.45, 2.75) is 18.9 Å². The molecule has 0 fully saturated rings. The molecular weight excluding hydrogens is 244 g/mol. The molecule has 1 rings (SSSR count). The third-order valence-corrected chi connectivity index (χ3v) is 2.41. The molecule has 0 spiro atoms. The minimum atomic E-state index is -0.592. The largest absolute Gasteiger partial charge is 0.370 e. The van der Waals surface area contributed by atoms with Crippen molar-refractivity contribution in [1.82, 2.24) is 5.43 Å². The van der Waals surface area contributed by atoms with Crippen LogP contribution in [0.1, 0.15) is 12.8 Å². The van der Waals surface area contributed by atoms with E-state index in [1.165, 1.54) is 0 Å². The number of carbonyl (C=O) groups excluding carboxylic acids is 1. The molecule has 1 amide bonds. The minimum absolute atomic E-state index is 0.0452. The zero-order chi connectivity index (χ0) is 14.1. The summed E-state index contributed by atoms with van der Waals surface area (Å²) in [5, 5.41) is 0. The van der Waals surface area contributed by atoms with E-state index in [1.807, 2.05) is 30.3 Å². The summed E-state index contributed by atoms with van der Waals surface area (Å²) in [4.78, 5) is 15.5. The lowest BCUT2D eigenvalue weighted by Crippen LogP contribution is -2.43. The lowest BCUT2D eigenvalue weighted by atomic mass is 10.1. The Hall–Kier alpha value is -2.28. The topological polar surface area (TPSA) is 132 Å². The molecule has 104 valence electrons. The van der Waals surface area contributed by atoms with Crippen LogP contribution in [0, 0.1) is 0 Å². The molecule has 0 saturated heterocycles. The SMILES string of the molecule is NC(N)=NCCC[C@H](N)C(=O)NNc1ccccc1. The molecule has 7 heteroatoms. The Morgan fingerprint density at radius 1 is 1.26 bits per heavy atom. The van der Waals surface area contributed by atoms with E-state index < -0.39 is 6.04 Å². The highest BCUT2D eigenvalue weighted by atomic mass is 16.2. The Labute approximate surface area is 112 Å². The molecular formula is C12H20N6O. The van der Waals surface area contributed by atoms with Crippen molar-refractivity contribution in [3.8, 4) is 0 Å². The van der Waals surface area contributed by atoms with E-state index in [-0.39, 0.29) is 11.9 Å². The van der Waals surface area contributed by atoms with Crippen LogP contribution in [0.3, 0.4) is 0 Å². The average Bonchev–Trinajstić information content (AvgIpc) is 2.41. The van der Waals surface area contributed by atoms with Gasteiger partial charge in [0.05, 0.1) is 11.7 Å². The Morgan fingerprint density at radius 2 is 1.95 bits per heavy atom. The summed E-state index contributed by atoms with van der Waals surface area (Å²) in [6.07, 6.45) is 1.16. The van der Waals surface area contributed by atoms with Crippen LogP contribution < -0.4 is 28.1 Å². The number of hydrogen-bond acceptors (Lipinski definition) is 4. The molecule has 1 aromatic rings. The quantitative estimate of drug-likeness (QED) is 0.196. The van der Waals surface area contributed by atoms with E-state index in [9.17, 15) is 4.79 Å². The first-order chi connectivity index (χ1) is 9.09. The Balaban J connectivity index is 2.23. The summed E-state index contributed by atoms with van der Waals surface area (Å²) in [5.41, 5.74) is 22.2. The number of nitrogens with two attached hydrogens (primary N) is 3. The summed E-state index contributed by atoms with van der Waals surface area (Å²) in [5.74, 6) is -0.225. The molecule has 0 aliphatic rings. The molecule has 19 heavy (non-hydrogen) atoms. The van der Waals surface area contributed by atoms with Gasteiger partial charge in [0, 0.05) is 6.54 Å². The van der Waals surface area contributed by atoms with E-state index in [1.54, 1.807) is 0 Å². The summed E-state index contributed by atoms with van der Waals surface area (Å²) in [6.45, 7) is 0.468. The molecule has 0 aliphatic heterocycles. The highest BCUT2D eigenvalue weighted by Crippen LogP contribution is 2.03. The second-order valence-electron chi connectivity index (χ2n) is 4.04. The van der Waals surface area contributed by atoms with Crippen LogP contribution in [0.5, 0.6) is 0 Å². The van der Waals surface area contributed by atoms with Gasteiger partial charge in [-0.25, -0.2) is 0 Å². The molecule has 1 aromatic carbocycles. The predicted molar refractivity (Wildman–Crippen MR) is 76.1 cm³/mol. The number of nitrogens with zero attached hydrogens (tertiary/aromatic N) is 1. The first kappa shape index (κ1) is 14.8. The van der Waals surface area contributed by atoms with Crippen LogP contribution in [0.2, 0.25) is 0 Å². The number of carbonyl (C=O) groups is 1. The van der Waals surface area contributed by atoms with E-state index in [0.29, 0.717) is 19.4 Å². The molecule has 1 atom stereocenters. The molecule has 7 nitrogen and oxygen atoms in total. The van der Waals surface area contributed by atoms with Crippen molar-refractivity contribution in [2.75, 3.05) is 12.0 Å². The summed E-state index contributed by atoms with van der Waals surface area (Å²) in [6, 6.07) is 8.70. The van der Waals surface area contributed by atoms with Crippen LogP contribution in [-0.2, 0) is 4.79 Å². The highest BCUT2D eigenvalue weighted by Gasteiger charge is 2.12. The summed E-state index contributed by atoms with van der Waals surface area (Å²) < 4.78 is 0.